The molecule has 2 rings (SSSR count). The number of carbonyl (C=O) groups is 1. The highest BCUT2D eigenvalue weighted by atomic mass is 32.2. The van der Waals surface area contributed by atoms with Crippen molar-refractivity contribution in [3.8, 4) is 0 Å². The first kappa shape index (κ1) is 19.3. The quantitative estimate of drug-likeness (QED) is 0.757. The first-order valence-corrected chi connectivity index (χ1v) is 10.8. The minimum absolute atomic E-state index is 0.0872. The zero-order chi connectivity index (χ0) is 17.7. The zero-order valence-corrected chi connectivity index (χ0v) is 16.2. The molecule has 0 radical (unpaired) electrons. The van der Waals surface area contributed by atoms with Crippen LogP contribution in [0.5, 0.6) is 0 Å². The van der Waals surface area contributed by atoms with Crippen molar-refractivity contribution >= 4 is 33.4 Å². The van der Waals surface area contributed by atoms with Gasteiger partial charge in [-0.2, -0.15) is 4.31 Å². The number of hydrogen-bond donors (Lipinski definition) is 1. The van der Waals surface area contributed by atoms with Crippen molar-refractivity contribution in [2.45, 2.75) is 61.5 Å². The summed E-state index contributed by atoms with van der Waals surface area (Å²) in [4.78, 5) is 13.0. The number of nitrogens with zero attached hydrogens (tertiary/aromatic N) is 1. The van der Waals surface area contributed by atoms with Crippen molar-refractivity contribution in [2.24, 2.45) is 0 Å². The third kappa shape index (κ3) is 4.32. The monoisotopic (exact) mass is 370 g/mol. The number of thioether (sulfide) groups is 1. The van der Waals surface area contributed by atoms with Crippen LogP contribution in [0.4, 0.5) is 5.69 Å². The lowest BCUT2D eigenvalue weighted by atomic mass is 10.3. The molecular formula is C17H26N2O3S2. The third-order valence-electron chi connectivity index (χ3n) is 4.04. The predicted molar refractivity (Wildman–Crippen MR) is 99.0 cm³/mol. The molecule has 1 aliphatic heterocycles. The molecule has 1 aromatic rings. The van der Waals surface area contributed by atoms with Gasteiger partial charge in [0.05, 0.1) is 15.8 Å². The highest BCUT2D eigenvalue weighted by Crippen LogP contribution is 2.37. The second-order valence-corrected chi connectivity index (χ2v) is 9.34. The van der Waals surface area contributed by atoms with E-state index in [1.165, 1.54) is 11.8 Å². The molecule has 1 aliphatic rings. The molecule has 1 atom stereocenters. The molecule has 134 valence electrons. The first-order valence-electron chi connectivity index (χ1n) is 8.51. The summed E-state index contributed by atoms with van der Waals surface area (Å²) in [6.07, 6.45) is 3.59. The van der Waals surface area contributed by atoms with E-state index < -0.39 is 10.0 Å². The van der Waals surface area contributed by atoms with E-state index in [2.05, 4.69) is 19.2 Å². The van der Waals surface area contributed by atoms with E-state index in [1.54, 1.807) is 22.5 Å². The Labute approximate surface area is 149 Å². The van der Waals surface area contributed by atoms with Gasteiger partial charge >= 0.3 is 0 Å². The van der Waals surface area contributed by atoms with Crippen LogP contribution >= 0.6 is 11.8 Å². The standard InChI is InChI=1S/C17H26N2O3S2/c1-4-6-10-19(11-7-5-2)24(21,22)14-8-9-16-15(12-14)18-17(20)13(3)23-16/h8-9,12-13H,4-7,10-11H2,1-3H3,(H,18,20)/t13-/m0/s1. The number of nitrogens with one attached hydrogen (secondary N) is 1. The van der Waals surface area contributed by atoms with Gasteiger partial charge in [-0.05, 0) is 38.0 Å². The zero-order valence-electron chi connectivity index (χ0n) is 14.5. The maximum Gasteiger partial charge on any atom is 0.243 e. The summed E-state index contributed by atoms with van der Waals surface area (Å²) in [6.45, 7) is 7.02. The van der Waals surface area contributed by atoms with Crippen LogP contribution in [0, 0.1) is 0 Å². The molecule has 5 nitrogen and oxygen atoms in total. The minimum Gasteiger partial charge on any atom is -0.324 e. The Bertz CT molecular complexity index is 681. The number of fused-ring (bicyclic) bond motifs is 1. The Morgan fingerprint density at radius 3 is 2.38 bits per heavy atom. The highest BCUT2D eigenvalue weighted by Gasteiger charge is 2.28. The fraction of sp³-hybridized carbons (Fsp3) is 0.588. The average molecular weight is 371 g/mol. The summed E-state index contributed by atoms with van der Waals surface area (Å²) >= 11 is 1.45. The lowest BCUT2D eigenvalue weighted by Gasteiger charge is -2.25. The van der Waals surface area contributed by atoms with E-state index in [1.807, 2.05) is 6.92 Å². The van der Waals surface area contributed by atoms with Gasteiger partial charge in [-0.15, -0.1) is 11.8 Å². The van der Waals surface area contributed by atoms with Crippen molar-refractivity contribution < 1.29 is 13.2 Å². The van der Waals surface area contributed by atoms with Gasteiger partial charge in [-0.1, -0.05) is 26.7 Å². The second kappa shape index (κ2) is 8.36. The molecule has 1 heterocycles. The van der Waals surface area contributed by atoms with Crippen molar-refractivity contribution in [3.05, 3.63) is 18.2 Å². The molecule has 0 saturated heterocycles. The first-order chi connectivity index (χ1) is 11.4. The second-order valence-electron chi connectivity index (χ2n) is 6.02. The van der Waals surface area contributed by atoms with Crippen LogP contribution in [-0.2, 0) is 14.8 Å². The molecule has 0 aromatic heterocycles. The fourth-order valence-electron chi connectivity index (χ4n) is 2.52. The third-order valence-corrected chi connectivity index (χ3v) is 7.11. The van der Waals surface area contributed by atoms with E-state index in [-0.39, 0.29) is 16.1 Å². The van der Waals surface area contributed by atoms with Gasteiger partial charge in [-0.3, -0.25) is 4.79 Å². The van der Waals surface area contributed by atoms with Crippen molar-refractivity contribution in [1.82, 2.24) is 4.31 Å². The van der Waals surface area contributed by atoms with Crippen LogP contribution < -0.4 is 5.32 Å². The molecular weight excluding hydrogens is 344 g/mol. The molecule has 1 amide bonds. The fourth-order valence-corrected chi connectivity index (χ4v) is 4.99. The van der Waals surface area contributed by atoms with E-state index >= 15 is 0 Å². The van der Waals surface area contributed by atoms with Gasteiger partial charge < -0.3 is 5.32 Å². The normalized spacial score (nSPS) is 17.7. The number of amides is 1. The van der Waals surface area contributed by atoms with E-state index in [0.29, 0.717) is 18.8 Å². The Hall–Kier alpha value is -1.05. The smallest absolute Gasteiger partial charge is 0.243 e. The van der Waals surface area contributed by atoms with Gasteiger partial charge in [0.2, 0.25) is 15.9 Å². The molecule has 1 aromatic carbocycles. The summed E-state index contributed by atoms with van der Waals surface area (Å²) in [7, 11) is -3.54. The number of carbonyl (C=O) groups excluding carboxylic acids is 1. The number of rotatable bonds is 8. The molecule has 0 bridgehead atoms. The van der Waals surface area contributed by atoms with Crippen LogP contribution in [0.1, 0.15) is 46.5 Å². The molecule has 7 heteroatoms. The summed E-state index contributed by atoms with van der Waals surface area (Å²) in [5.74, 6) is -0.0872. The van der Waals surface area contributed by atoms with Crippen LogP contribution in [-0.4, -0.2) is 37.0 Å². The van der Waals surface area contributed by atoms with E-state index in [9.17, 15) is 13.2 Å². The Kier molecular flexibility index (Phi) is 6.71. The average Bonchev–Trinajstić information content (AvgIpc) is 2.55. The number of sulfonamides is 1. The summed E-state index contributed by atoms with van der Waals surface area (Å²) in [5.41, 5.74) is 0.593. The lowest BCUT2D eigenvalue weighted by molar-refractivity contribution is -0.115. The number of hydrogen-bond acceptors (Lipinski definition) is 4. The molecule has 0 saturated carbocycles. The molecule has 0 unspecified atom stereocenters. The summed E-state index contributed by atoms with van der Waals surface area (Å²) in [6, 6.07) is 5.03. The van der Waals surface area contributed by atoms with Gasteiger partial charge in [0.1, 0.15) is 0 Å². The molecule has 1 N–H and O–H groups in total. The van der Waals surface area contributed by atoms with Gasteiger partial charge in [0, 0.05) is 18.0 Å². The summed E-state index contributed by atoms with van der Waals surface area (Å²) < 4.78 is 27.5. The largest absolute Gasteiger partial charge is 0.324 e. The maximum atomic E-state index is 13.0. The SMILES string of the molecule is CCCCN(CCCC)S(=O)(=O)c1ccc2c(c1)NC(=O)[C@H](C)S2. The molecule has 0 fully saturated rings. The molecule has 0 aliphatic carbocycles. The number of unbranched alkanes of at least 4 members (excludes halogenated alkanes) is 2. The van der Waals surface area contributed by atoms with Crippen molar-refractivity contribution in [2.75, 3.05) is 18.4 Å². The maximum absolute atomic E-state index is 13.0. The van der Waals surface area contributed by atoms with Gasteiger partial charge in [0.15, 0.2) is 0 Å². The predicted octanol–water partition coefficient (Wildman–Crippen LogP) is 3.71. The van der Waals surface area contributed by atoms with E-state index in [0.717, 1.165) is 30.6 Å². The van der Waals surface area contributed by atoms with Crippen molar-refractivity contribution in [1.29, 1.82) is 0 Å². The van der Waals surface area contributed by atoms with Crippen molar-refractivity contribution in [3.63, 3.8) is 0 Å². The van der Waals surface area contributed by atoms with Crippen LogP contribution in [0.25, 0.3) is 0 Å². The number of anilines is 1. The Balaban J connectivity index is 2.30. The minimum atomic E-state index is -3.54. The van der Waals surface area contributed by atoms with Gasteiger partial charge in [-0.25, -0.2) is 8.42 Å². The van der Waals surface area contributed by atoms with Gasteiger partial charge in [0.25, 0.3) is 0 Å². The van der Waals surface area contributed by atoms with Crippen LogP contribution in [0.2, 0.25) is 0 Å². The number of benzene rings is 1. The topological polar surface area (TPSA) is 66.5 Å². The Morgan fingerprint density at radius 2 is 1.79 bits per heavy atom. The Morgan fingerprint density at radius 1 is 1.17 bits per heavy atom. The van der Waals surface area contributed by atoms with E-state index in [4.69, 9.17) is 0 Å². The molecule has 24 heavy (non-hydrogen) atoms. The lowest BCUT2D eigenvalue weighted by Crippen LogP contribution is -2.33. The van der Waals surface area contributed by atoms with Crippen LogP contribution in [0.15, 0.2) is 28.0 Å². The highest BCUT2D eigenvalue weighted by molar-refractivity contribution is 8.01. The summed E-state index contributed by atoms with van der Waals surface area (Å²) in [5, 5.41) is 2.64. The molecule has 0 spiro atoms. The van der Waals surface area contributed by atoms with Crippen LogP contribution in [0.3, 0.4) is 0 Å².